The summed E-state index contributed by atoms with van der Waals surface area (Å²) in [6, 6.07) is 0. The molecule has 0 aromatic heterocycles. The van der Waals surface area contributed by atoms with Gasteiger partial charge in [-0.3, -0.25) is 4.79 Å². The van der Waals surface area contributed by atoms with Crippen LogP contribution in [0.25, 0.3) is 0 Å². The van der Waals surface area contributed by atoms with Gasteiger partial charge in [0.05, 0.1) is 0 Å². The van der Waals surface area contributed by atoms with Crippen LogP contribution in [0.15, 0.2) is 0 Å². The summed E-state index contributed by atoms with van der Waals surface area (Å²) in [6.07, 6.45) is 6.83. The molecule has 0 unspecified atom stereocenters. The first-order valence-electron chi connectivity index (χ1n) is 8.24. The lowest BCUT2D eigenvalue weighted by atomic mass is 9.79. The van der Waals surface area contributed by atoms with Gasteiger partial charge in [-0.1, -0.05) is 13.8 Å². The van der Waals surface area contributed by atoms with Gasteiger partial charge in [0.15, 0.2) is 0 Å². The molecule has 0 bridgehead atoms. The number of piperidine rings is 1. The van der Waals surface area contributed by atoms with Crippen LogP contribution in [0.2, 0.25) is 0 Å². The van der Waals surface area contributed by atoms with Crippen molar-refractivity contribution in [2.75, 3.05) is 26.2 Å². The Balaban J connectivity index is 0.00000400. The number of halogens is 1. The van der Waals surface area contributed by atoms with Crippen molar-refractivity contribution in [3.63, 3.8) is 0 Å². The lowest BCUT2D eigenvalue weighted by Gasteiger charge is -2.31. The monoisotopic (exact) mass is 320 g/mol. The highest BCUT2D eigenvalue weighted by molar-refractivity contribution is 5.85. The zero-order valence-electron chi connectivity index (χ0n) is 13.6. The van der Waals surface area contributed by atoms with Crippen LogP contribution < -0.4 is 10.6 Å². The Morgan fingerprint density at radius 2 is 1.90 bits per heavy atom. The first-order valence-corrected chi connectivity index (χ1v) is 8.24. The molecule has 5 heteroatoms. The van der Waals surface area contributed by atoms with E-state index in [-0.39, 0.29) is 30.3 Å². The van der Waals surface area contributed by atoms with Gasteiger partial charge in [0.1, 0.15) is 0 Å². The molecule has 1 heterocycles. The van der Waals surface area contributed by atoms with Crippen molar-refractivity contribution in [1.82, 2.24) is 10.6 Å². The van der Waals surface area contributed by atoms with Gasteiger partial charge in [0.2, 0.25) is 5.91 Å². The molecule has 0 radical (unpaired) electrons. The summed E-state index contributed by atoms with van der Waals surface area (Å²) < 4.78 is 0. The van der Waals surface area contributed by atoms with Gasteiger partial charge in [0.25, 0.3) is 0 Å². The highest BCUT2D eigenvalue weighted by atomic mass is 35.5. The molecule has 1 aliphatic rings. The maximum Gasteiger partial charge on any atom is 0.220 e. The van der Waals surface area contributed by atoms with E-state index >= 15 is 0 Å². The van der Waals surface area contributed by atoms with Gasteiger partial charge >= 0.3 is 0 Å². The molecule has 1 amide bonds. The van der Waals surface area contributed by atoms with Crippen molar-refractivity contribution in [1.29, 1.82) is 0 Å². The van der Waals surface area contributed by atoms with Crippen LogP contribution in [-0.4, -0.2) is 37.3 Å². The Morgan fingerprint density at radius 1 is 1.29 bits per heavy atom. The summed E-state index contributed by atoms with van der Waals surface area (Å²) in [6.45, 7) is 7.37. The number of carbonyl (C=O) groups is 1. The molecule has 0 spiro atoms. The predicted molar refractivity (Wildman–Crippen MR) is 89.8 cm³/mol. The van der Waals surface area contributed by atoms with Crippen molar-refractivity contribution in [3.05, 3.63) is 0 Å². The molecule has 0 aliphatic carbocycles. The Hall–Kier alpha value is -0.320. The van der Waals surface area contributed by atoms with E-state index in [1.165, 1.54) is 12.8 Å². The minimum atomic E-state index is 0. The summed E-state index contributed by atoms with van der Waals surface area (Å²) in [4.78, 5) is 12.0. The molecule has 0 aromatic rings. The van der Waals surface area contributed by atoms with Gasteiger partial charge in [-0.25, -0.2) is 0 Å². The topological polar surface area (TPSA) is 61.4 Å². The Labute approximate surface area is 135 Å². The molecule has 1 rings (SSSR count). The van der Waals surface area contributed by atoms with Crippen LogP contribution in [-0.2, 0) is 4.79 Å². The third-order valence-corrected chi connectivity index (χ3v) is 5.04. The number of aliphatic hydroxyl groups is 1. The van der Waals surface area contributed by atoms with Gasteiger partial charge in [-0.05, 0) is 62.9 Å². The summed E-state index contributed by atoms with van der Waals surface area (Å²) in [7, 11) is 0. The molecular weight excluding hydrogens is 288 g/mol. The first kappa shape index (κ1) is 20.7. The van der Waals surface area contributed by atoms with Crippen molar-refractivity contribution in [2.24, 2.45) is 11.3 Å². The smallest absolute Gasteiger partial charge is 0.220 e. The van der Waals surface area contributed by atoms with E-state index < -0.39 is 0 Å². The Kier molecular flexibility index (Phi) is 11.1. The Morgan fingerprint density at radius 3 is 2.43 bits per heavy atom. The molecule has 0 atom stereocenters. The molecule has 0 saturated carbocycles. The zero-order chi connectivity index (χ0) is 14.8. The molecule has 1 fully saturated rings. The first-order chi connectivity index (χ1) is 9.65. The molecule has 3 N–H and O–H groups in total. The summed E-state index contributed by atoms with van der Waals surface area (Å²) in [5.74, 6) is 0.884. The average molecular weight is 321 g/mol. The van der Waals surface area contributed by atoms with Crippen LogP contribution in [0.3, 0.4) is 0 Å². The quantitative estimate of drug-likeness (QED) is 0.611. The average Bonchev–Trinajstić information content (AvgIpc) is 2.50. The lowest BCUT2D eigenvalue weighted by molar-refractivity contribution is -0.122. The molecule has 1 saturated heterocycles. The second kappa shape index (κ2) is 11.3. The summed E-state index contributed by atoms with van der Waals surface area (Å²) in [5.41, 5.74) is 0.0686. The van der Waals surface area contributed by atoms with Gasteiger partial charge < -0.3 is 15.7 Å². The van der Waals surface area contributed by atoms with Crippen molar-refractivity contribution in [2.45, 2.75) is 58.8 Å². The SMILES string of the molecule is CCC(CC)(CCO)CNC(=O)CCC1CCNCC1.Cl. The van der Waals surface area contributed by atoms with E-state index in [4.69, 9.17) is 0 Å². The number of hydrogen-bond acceptors (Lipinski definition) is 3. The van der Waals surface area contributed by atoms with Gasteiger partial charge in [-0.15, -0.1) is 12.4 Å². The minimum Gasteiger partial charge on any atom is -0.396 e. The summed E-state index contributed by atoms with van der Waals surface area (Å²) in [5, 5.41) is 15.6. The van der Waals surface area contributed by atoms with Crippen molar-refractivity contribution >= 4 is 18.3 Å². The third-order valence-electron chi connectivity index (χ3n) is 5.04. The van der Waals surface area contributed by atoms with E-state index in [1.54, 1.807) is 0 Å². The zero-order valence-corrected chi connectivity index (χ0v) is 14.4. The fourth-order valence-electron chi connectivity index (χ4n) is 3.06. The highest BCUT2D eigenvalue weighted by Gasteiger charge is 2.26. The molecule has 21 heavy (non-hydrogen) atoms. The maximum absolute atomic E-state index is 12.0. The normalized spacial score (nSPS) is 16.3. The number of amides is 1. The fraction of sp³-hybridized carbons (Fsp3) is 0.938. The minimum absolute atomic E-state index is 0. The van der Waals surface area contributed by atoms with Crippen LogP contribution in [0.1, 0.15) is 58.8 Å². The van der Waals surface area contributed by atoms with E-state index in [9.17, 15) is 9.90 Å². The van der Waals surface area contributed by atoms with E-state index in [0.717, 1.165) is 38.8 Å². The van der Waals surface area contributed by atoms with Crippen LogP contribution in [0.4, 0.5) is 0 Å². The number of aliphatic hydroxyl groups excluding tert-OH is 1. The number of nitrogens with one attached hydrogen (secondary N) is 2. The molecule has 4 nitrogen and oxygen atoms in total. The fourth-order valence-corrected chi connectivity index (χ4v) is 3.06. The number of carbonyl (C=O) groups excluding carboxylic acids is 1. The summed E-state index contributed by atoms with van der Waals surface area (Å²) >= 11 is 0. The standard InChI is InChI=1S/C16H32N2O2.ClH/c1-3-16(4-2,9-12-19)13-18-15(20)6-5-14-7-10-17-11-8-14;/h14,17,19H,3-13H2,1-2H3,(H,18,20);1H. The van der Waals surface area contributed by atoms with Crippen molar-refractivity contribution in [3.8, 4) is 0 Å². The largest absolute Gasteiger partial charge is 0.396 e. The lowest BCUT2D eigenvalue weighted by Crippen LogP contribution is -2.38. The molecule has 0 aromatic carbocycles. The second-order valence-electron chi connectivity index (χ2n) is 6.19. The third kappa shape index (κ3) is 7.48. The Bertz CT molecular complexity index is 277. The number of hydrogen-bond donors (Lipinski definition) is 3. The van der Waals surface area contributed by atoms with Gasteiger partial charge in [-0.2, -0.15) is 0 Å². The van der Waals surface area contributed by atoms with Crippen LogP contribution >= 0.6 is 12.4 Å². The predicted octanol–water partition coefficient (Wildman–Crippen LogP) is 2.49. The van der Waals surface area contributed by atoms with Crippen molar-refractivity contribution < 1.29 is 9.90 Å². The molecule has 1 aliphatic heterocycles. The second-order valence-corrected chi connectivity index (χ2v) is 6.19. The van der Waals surface area contributed by atoms with Gasteiger partial charge in [0, 0.05) is 19.6 Å². The molecule has 126 valence electrons. The van der Waals surface area contributed by atoms with E-state index in [2.05, 4.69) is 24.5 Å². The van der Waals surface area contributed by atoms with E-state index in [0.29, 0.717) is 18.9 Å². The number of rotatable bonds is 9. The maximum atomic E-state index is 12.0. The van der Waals surface area contributed by atoms with E-state index in [1.807, 2.05) is 0 Å². The van der Waals surface area contributed by atoms with Crippen LogP contribution in [0.5, 0.6) is 0 Å². The molecular formula is C16H33ClN2O2. The highest BCUT2D eigenvalue weighted by Crippen LogP contribution is 2.29. The van der Waals surface area contributed by atoms with Crippen LogP contribution in [0, 0.1) is 11.3 Å².